The second kappa shape index (κ2) is 5.06. The molecule has 2 N–H and O–H groups in total. The van der Waals surface area contributed by atoms with Crippen LogP contribution in [0.15, 0.2) is 18.2 Å². The van der Waals surface area contributed by atoms with E-state index in [0.717, 1.165) is 42.0 Å². The largest absolute Gasteiger partial charge is 0.416 e. The molecule has 2 aromatic rings. The normalized spacial score (nSPS) is 16.0. The van der Waals surface area contributed by atoms with Crippen LogP contribution in [0.3, 0.4) is 0 Å². The van der Waals surface area contributed by atoms with Gasteiger partial charge in [-0.15, -0.1) is 11.3 Å². The molecule has 1 aliphatic carbocycles. The molecule has 1 aliphatic rings. The lowest BCUT2D eigenvalue weighted by molar-refractivity contribution is -0.138. The van der Waals surface area contributed by atoms with Gasteiger partial charge >= 0.3 is 6.18 Å². The van der Waals surface area contributed by atoms with Gasteiger partial charge in [0.25, 0.3) is 0 Å². The predicted octanol–water partition coefficient (Wildman–Crippen LogP) is 3.84. The zero-order valence-electron chi connectivity index (χ0n) is 10.9. The van der Waals surface area contributed by atoms with Crippen LogP contribution in [-0.4, -0.2) is 4.98 Å². The number of nitrogens with zero attached hydrogens (tertiary/aromatic N) is 1. The van der Waals surface area contributed by atoms with Crippen LogP contribution in [0.25, 0.3) is 0 Å². The van der Waals surface area contributed by atoms with E-state index in [1.54, 1.807) is 0 Å². The van der Waals surface area contributed by atoms with E-state index in [0.29, 0.717) is 11.1 Å². The summed E-state index contributed by atoms with van der Waals surface area (Å²) in [6.45, 7) is 0. The van der Waals surface area contributed by atoms with E-state index in [9.17, 15) is 17.6 Å². The van der Waals surface area contributed by atoms with Crippen LogP contribution in [-0.2, 0) is 19.0 Å². The van der Waals surface area contributed by atoms with E-state index in [2.05, 4.69) is 4.98 Å². The topological polar surface area (TPSA) is 38.9 Å². The van der Waals surface area contributed by atoms with E-state index in [4.69, 9.17) is 5.73 Å². The smallest absolute Gasteiger partial charge is 0.318 e. The average Bonchev–Trinajstić information content (AvgIpc) is 2.97. The molecular weight excluding hydrogens is 304 g/mol. The molecule has 0 saturated heterocycles. The lowest BCUT2D eigenvalue weighted by atomic mass is 10.0. The Kier molecular flexibility index (Phi) is 3.49. The SMILES string of the molecule is NC(c1nc2c(s1)CCC2)c1ccc(F)cc1C(F)(F)F. The first-order valence-electron chi connectivity index (χ1n) is 6.47. The minimum Gasteiger partial charge on any atom is -0.318 e. The fourth-order valence-corrected chi connectivity index (χ4v) is 3.70. The monoisotopic (exact) mass is 316 g/mol. The van der Waals surface area contributed by atoms with Crippen LogP contribution in [0, 0.1) is 5.82 Å². The van der Waals surface area contributed by atoms with Gasteiger partial charge in [0.15, 0.2) is 0 Å². The standard InChI is InChI=1S/C14H12F4N2S/c15-7-4-5-8(9(6-7)14(16,17)18)12(19)13-20-10-2-1-3-11(10)21-13/h4-6,12H,1-3,19H2. The van der Waals surface area contributed by atoms with Gasteiger partial charge in [0, 0.05) is 4.88 Å². The van der Waals surface area contributed by atoms with Crippen molar-refractivity contribution in [1.29, 1.82) is 0 Å². The molecule has 1 atom stereocenters. The van der Waals surface area contributed by atoms with Crippen molar-refractivity contribution in [3.63, 3.8) is 0 Å². The van der Waals surface area contributed by atoms with Crippen molar-refractivity contribution in [2.75, 3.05) is 0 Å². The van der Waals surface area contributed by atoms with E-state index in [1.165, 1.54) is 11.3 Å². The van der Waals surface area contributed by atoms with Gasteiger partial charge in [-0.1, -0.05) is 6.07 Å². The van der Waals surface area contributed by atoms with Crippen LogP contribution in [0.1, 0.15) is 39.2 Å². The highest BCUT2D eigenvalue weighted by Gasteiger charge is 2.36. The third-order valence-electron chi connectivity index (χ3n) is 3.53. The Morgan fingerprint density at radius 3 is 2.67 bits per heavy atom. The third-order valence-corrected chi connectivity index (χ3v) is 4.77. The highest BCUT2D eigenvalue weighted by atomic mass is 32.1. The van der Waals surface area contributed by atoms with Crippen molar-refractivity contribution < 1.29 is 17.6 Å². The summed E-state index contributed by atoms with van der Waals surface area (Å²) in [7, 11) is 0. The fourth-order valence-electron chi connectivity index (χ4n) is 2.52. The molecule has 1 aromatic carbocycles. The molecule has 0 radical (unpaired) electrons. The Labute approximate surface area is 122 Å². The number of fused-ring (bicyclic) bond motifs is 1. The molecule has 0 spiro atoms. The molecule has 0 bridgehead atoms. The molecule has 0 saturated carbocycles. The number of aryl methyl sites for hydroxylation is 2. The summed E-state index contributed by atoms with van der Waals surface area (Å²) in [5, 5.41) is 0.455. The van der Waals surface area contributed by atoms with Crippen molar-refractivity contribution in [2.24, 2.45) is 5.73 Å². The summed E-state index contributed by atoms with van der Waals surface area (Å²) in [6, 6.07) is 1.58. The molecule has 112 valence electrons. The van der Waals surface area contributed by atoms with Gasteiger partial charge < -0.3 is 5.73 Å². The molecule has 0 fully saturated rings. The van der Waals surface area contributed by atoms with Gasteiger partial charge in [-0.2, -0.15) is 13.2 Å². The second-order valence-electron chi connectivity index (χ2n) is 4.98. The summed E-state index contributed by atoms with van der Waals surface area (Å²) in [4.78, 5) is 5.44. The first-order valence-corrected chi connectivity index (χ1v) is 7.28. The van der Waals surface area contributed by atoms with Gasteiger partial charge in [0.1, 0.15) is 10.8 Å². The van der Waals surface area contributed by atoms with Crippen molar-refractivity contribution >= 4 is 11.3 Å². The van der Waals surface area contributed by atoms with E-state index in [-0.39, 0.29) is 5.56 Å². The zero-order chi connectivity index (χ0) is 15.2. The number of nitrogens with two attached hydrogens (primary N) is 1. The Hall–Kier alpha value is -1.47. The van der Waals surface area contributed by atoms with Crippen LogP contribution in [0.4, 0.5) is 17.6 Å². The molecule has 1 aromatic heterocycles. The molecule has 3 rings (SSSR count). The fraction of sp³-hybridized carbons (Fsp3) is 0.357. The first-order chi connectivity index (χ1) is 9.86. The Morgan fingerprint density at radius 1 is 1.24 bits per heavy atom. The second-order valence-corrected chi connectivity index (χ2v) is 6.10. The Balaban J connectivity index is 2.02. The van der Waals surface area contributed by atoms with Crippen molar-refractivity contribution in [3.05, 3.63) is 50.7 Å². The molecule has 2 nitrogen and oxygen atoms in total. The van der Waals surface area contributed by atoms with Gasteiger partial charge in [0.05, 0.1) is 17.3 Å². The van der Waals surface area contributed by atoms with Gasteiger partial charge in [-0.05, 0) is 37.0 Å². The molecule has 1 heterocycles. The van der Waals surface area contributed by atoms with Crippen molar-refractivity contribution in [3.8, 4) is 0 Å². The van der Waals surface area contributed by atoms with Crippen LogP contribution in [0.2, 0.25) is 0 Å². The number of hydrogen-bond donors (Lipinski definition) is 1. The van der Waals surface area contributed by atoms with Crippen molar-refractivity contribution in [1.82, 2.24) is 4.98 Å². The van der Waals surface area contributed by atoms with Crippen LogP contribution < -0.4 is 5.73 Å². The molecular formula is C14H12F4N2S. The minimum atomic E-state index is -4.64. The Morgan fingerprint density at radius 2 is 2.00 bits per heavy atom. The Bertz CT molecular complexity index is 657. The summed E-state index contributed by atoms with van der Waals surface area (Å²) in [5.74, 6) is -0.931. The van der Waals surface area contributed by atoms with E-state index >= 15 is 0 Å². The first kappa shape index (κ1) is 14.5. The maximum Gasteiger partial charge on any atom is 0.416 e. The van der Waals surface area contributed by atoms with Crippen molar-refractivity contribution in [2.45, 2.75) is 31.5 Å². The van der Waals surface area contributed by atoms with E-state index < -0.39 is 23.6 Å². The highest BCUT2D eigenvalue weighted by Crippen LogP contribution is 2.38. The van der Waals surface area contributed by atoms with Crippen LogP contribution in [0.5, 0.6) is 0 Å². The highest BCUT2D eigenvalue weighted by molar-refractivity contribution is 7.11. The summed E-state index contributed by atoms with van der Waals surface area (Å²) in [6.07, 6.45) is -1.88. The van der Waals surface area contributed by atoms with Gasteiger partial charge in [-0.25, -0.2) is 9.37 Å². The summed E-state index contributed by atoms with van der Waals surface area (Å²) >= 11 is 1.35. The quantitative estimate of drug-likeness (QED) is 0.855. The number of alkyl halides is 3. The molecule has 0 aliphatic heterocycles. The zero-order valence-corrected chi connectivity index (χ0v) is 11.7. The lowest BCUT2D eigenvalue weighted by Crippen LogP contribution is -2.18. The molecule has 21 heavy (non-hydrogen) atoms. The number of halogens is 4. The van der Waals surface area contributed by atoms with Crippen LogP contribution >= 0.6 is 11.3 Å². The average molecular weight is 316 g/mol. The molecule has 1 unspecified atom stereocenters. The predicted molar refractivity (Wildman–Crippen MR) is 71.6 cm³/mol. The lowest BCUT2D eigenvalue weighted by Gasteiger charge is -2.17. The number of rotatable bonds is 2. The molecule has 0 amide bonds. The number of aromatic nitrogens is 1. The van der Waals surface area contributed by atoms with Gasteiger partial charge in [-0.3, -0.25) is 0 Å². The summed E-state index contributed by atoms with van der Waals surface area (Å²) < 4.78 is 52.2. The minimum absolute atomic E-state index is 0.142. The molecule has 7 heteroatoms. The number of benzene rings is 1. The number of hydrogen-bond acceptors (Lipinski definition) is 3. The summed E-state index contributed by atoms with van der Waals surface area (Å²) in [5.41, 5.74) is 5.70. The number of thiazole rings is 1. The third kappa shape index (κ3) is 2.67. The van der Waals surface area contributed by atoms with Gasteiger partial charge in [0.2, 0.25) is 0 Å². The van der Waals surface area contributed by atoms with E-state index in [1.807, 2.05) is 0 Å². The maximum atomic E-state index is 13.1. The maximum absolute atomic E-state index is 13.1.